The van der Waals surface area contributed by atoms with Crippen LogP contribution in [0.1, 0.15) is 16.0 Å². The zero-order valence-corrected chi connectivity index (χ0v) is 16.0. The predicted octanol–water partition coefficient (Wildman–Crippen LogP) is 7.11. The van der Waals surface area contributed by atoms with Gasteiger partial charge in [-0.3, -0.25) is 0 Å². The number of hydrogen-bond donors (Lipinski definition) is 0. The number of halogens is 5. The zero-order chi connectivity index (χ0) is 13.3. The molecule has 0 N–H and O–H groups in total. The quantitative estimate of drug-likeness (QED) is 0.372. The van der Waals surface area contributed by atoms with E-state index >= 15 is 0 Å². The highest BCUT2D eigenvalue weighted by atomic mass is 79.9. The van der Waals surface area contributed by atoms with E-state index in [-0.39, 0.29) is 4.83 Å². The summed E-state index contributed by atoms with van der Waals surface area (Å²) in [6.07, 6.45) is 0. The van der Waals surface area contributed by atoms with Gasteiger partial charge in [0.2, 0.25) is 0 Å². The monoisotopic (exact) mass is 514 g/mol. The average Bonchev–Trinajstić information content (AvgIpc) is 2.35. The van der Waals surface area contributed by atoms with Crippen molar-refractivity contribution >= 4 is 75.3 Å². The second kappa shape index (κ2) is 6.40. The Kier molecular flexibility index (Phi) is 5.35. The summed E-state index contributed by atoms with van der Waals surface area (Å²) in [4.78, 5) is 0.109. The molecule has 0 heterocycles. The third kappa shape index (κ3) is 3.40. The van der Waals surface area contributed by atoms with Gasteiger partial charge in [-0.2, -0.15) is 0 Å². The van der Waals surface area contributed by atoms with E-state index in [1.54, 1.807) is 0 Å². The molecule has 0 aliphatic heterocycles. The lowest BCUT2D eigenvalue weighted by molar-refractivity contribution is 1.16. The zero-order valence-electron chi connectivity index (χ0n) is 8.93. The van der Waals surface area contributed by atoms with Crippen LogP contribution in [0, 0.1) is 0 Å². The summed E-state index contributed by atoms with van der Waals surface area (Å²) in [5, 5.41) is 0.715. The number of alkyl halides is 1. The third-order valence-corrected chi connectivity index (χ3v) is 5.92. The minimum atomic E-state index is 0.109. The van der Waals surface area contributed by atoms with Crippen molar-refractivity contribution in [3.05, 3.63) is 66.0 Å². The normalized spacial score (nSPS) is 12.5. The summed E-state index contributed by atoms with van der Waals surface area (Å²) >= 11 is 20.2. The van der Waals surface area contributed by atoms with Gasteiger partial charge >= 0.3 is 0 Å². The Balaban J connectivity index is 2.44. The Labute approximate surface area is 145 Å². The molecule has 0 bridgehead atoms. The van der Waals surface area contributed by atoms with Crippen molar-refractivity contribution in [3.8, 4) is 0 Å². The van der Waals surface area contributed by atoms with Gasteiger partial charge < -0.3 is 0 Å². The van der Waals surface area contributed by atoms with Crippen molar-refractivity contribution < 1.29 is 0 Å². The van der Waals surface area contributed by atoms with E-state index in [4.69, 9.17) is 11.6 Å². The Hall–Kier alpha value is 0.650. The first-order chi connectivity index (χ1) is 8.49. The Bertz CT molecular complexity index is 583. The topological polar surface area (TPSA) is 0 Å². The minimum absolute atomic E-state index is 0.109. The molecule has 2 aromatic rings. The maximum absolute atomic E-state index is 6.01. The van der Waals surface area contributed by atoms with Crippen LogP contribution in [0.25, 0.3) is 0 Å². The number of benzene rings is 2. The lowest BCUT2D eigenvalue weighted by Gasteiger charge is -2.14. The highest BCUT2D eigenvalue weighted by Gasteiger charge is 2.15. The largest absolute Gasteiger partial charge is 0.0831 e. The SMILES string of the molecule is Clc1ccc(C(Br)c2cc(Br)ccc2Br)cc1Br. The lowest BCUT2D eigenvalue weighted by Crippen LogP contribution is -1.94. The molecule has 18 heavy (non-hydrogen) atoms. The molecule has 0 saturated heterocycles. The van der Waals surface area contributed by atoms with E-state index in [2.05, 4.69) is 69.8 Å². The van der Waals surface area contributed by atoms with Gasteiger partial charge in [0.1, 0.15) is 0 Å². The van der Waals surface area contributed by atoms with Gasteiger partial charge in [0.05, 0.1) is 9.85 Å². The van der Waals surface area contributed by atoms with Gasteiger partial charge in [-0.1, -0.05) is 65.5 Å². The van der Waals surface area contributed by atoms with Crippen molar-refractivity contribution in [2.75, 3.05) is 0 Å². The standard InChI is InChI=1S/C13H7Br4Cl/c14-8-2-3-10(15)9(6-8)13(17)7-1-4-12(18)11(16)5-7/h1-6,13H. The van der Waals surface area contributed by atoms with Gasteiger partial charge in [0.25, 0.3) is 0 Å². The smallest absolute Gasteiger partial charge is 0.0656 e. The minimum Gasteiger partial charge on any atom is -0.0831 e. The molecule has 1 atom stereocenters. The van der Waals surface area contributed by atoms with Crippen LogP contribution in [0.5, 0.6) is 0 Å². The first kappa shape index (κ1) is 15.0. The first-order valence-corrected chi connectivity index (χ1v) is 8.70. The van der Waals surface area contributed by atoms with Gasteiger partial charge in [-0.05, 0) is 57.4 Å². The fourth-order valence-electron chi connectivity index (χ4n) is 1.56. The molecule has 94 valence electrons. The fourth-order valence-corrected chi connectivity index (χ4v) is 3.90. The molecule has 0 aromatic heterocycles. The molecule has 2 aromatic carbocycles. The maximum atomic E-state index is 6.01. The van der Waals surface area contributed by atoms with Gasteiger partial charge in [0, 0.05) is 13.4 Å². The van der Waals surface area contributed by atoms with Gasteiger partial charge in [0.15, 0.2) is 0 Å². The van der Waals surface area contributed by atoms with E-state index in [0.717, 1.165) is 19.0 Å². The lowest BCUT2D eigenvalue weighted by atomic mass is 10.1. The second-order valence-electron chi connectivity index (χ2n) is 3.70. The Morgan fingerprint density at radius 3 is 2.28 bits per heavy atom. The molecule has 5 heteroatoms. The van der Waals surface area contributed by atoms with Crippen LogP contribution in [0.2, 0.25) is 5.02 Å². The van der Waals surface area contributed by atoms with E-state index < -0.39 is 0 Å². The molecule has 0 aliphatic rings. The summed E-state index contributed by atoms with van der Waals surface area (Å²) in [5.41, 5.74) is 2.31. The molecule has 0 spiro atoms. The predicted molar refractivity (Wildman–Crippen MR) is 91.8 cm³/mol. The molecule has 0 nitrogen and oxygen atoms in total. The summed E-state index contributed by atoms with van der Waals surface area (Å²) in [6.45, 7) is 0. The van der Waals surface area contributed by atoms with Crippen LogP contribution in [0.3, 0.4) is 0 Å². The van der Waals surface area contributed by atoms with Crippen LogP contribution >= 0.6 is 75.3 Å². The summed E-state index contributed by atoms with van der Waals surface area (Å²) in [7, 11) is 0. The number of rotatable bonds is 2. The van der Waals surface area contributed by atoms with Gasteiger partial charge in [-0.15, -0.1) is 0 Å². The van der Waals surface area contributed by atoms with E-state index in [1.165, 1.54) is 5.56 Å². The highest BCUT2D eigenvalue weighted by Crippen LogP contribution is 2.38. The summed E-state index contributed by atoms with van der Waals surface area (Å²) in [6, 6.07) is 12.0. The molecule has 2 rings (SSSR count). The van der Waals surface area contributed by atoms with Crippen molar-refractivity contribution in [3.63, 3.8) is 0 Å². The van der Waals surface area contributed by atoms with Crippen LogP contribution in [-0.4, -0.2) is 0 Å². The van der Waals surface area contributed by atoms with Crippen molar-refractivity contribution in [1.29, 1.82) is 0 Å². The first-order valence-electron chi connectivity index (χ1n) is 5.03. The molecule has 1 unspecified atom stereocenters. The Morgan fingerprint density at radius 1 is 0.889 bits per heavy atom. The summed E-state index contributed by atoms with van der Waals surface area (Å²) in [5.74, 6) is 0. The van der Waals surface area contributed by atoms with Crippen LogP contribution in [0.4, 0.5) is 0 Å². The van der Waals surface area contributed by atoms with Gasteiger partial charge in [-0.25, -0.2) is 0 Å². The number of hydrogen-bond acceptors (Lipinski definition) is 0. The van der Waals surface area contributed by atoms with Crippen molar-refractivity contribution in [1.82, 2.24) is 0 Å². The maximum Gasteiger partial charge on any atom is 0.0656 e. The Morgan fingerprint density at radius 2 is 1.61 bits per heavy atom. The molecule has 0 amide bonds. The molecule has 0 aliphatic carbocycles. The summed E-state index contributed by atoms with van der Waals surface area (Å²) < 4.78 is 3.02. The second-order valence-corrected chi connectivity index (χ2v) is 7.65. The third-order valence-electron chi connectivity index (χ3n) is 2.47. The molecular weight excluding hydrogens is 511 g/mol. The highest BCUT2D eigenvalue weighted by molar-refractivity contribution is 9.11. The molecule has 0 radical (unpaired) electrons. The van der Waals surface area contributed by atoms with Crippen molar-refractivity contribution in [2.45, 2.75) is 4.83 Å². The molecule has 0 fully saturated rings. The van der Waals surface area contributed by atoms with Crippen LogP contribution < -0.4 is 0 Å². The van der Waals surface area contributed by atoms with Crippen LogP contribution in [-0.2, 0) is 0 Å². The van der Waals surface area contributed by atoms with Crippen molar-refractivity contribution in [2.24, 2.45) is 0 Å². The van der Waals surface area contributed by atoms with Crippen LogP contribution in [0.15, 0.2) is 49.8 Å². The molecule has 0 saturated carbocycles. The van der Waals surface area contributed by atoms with E-state index in [1.807, 2.05) is 30.3 Å². The average molecular weight is 518 g/mol. The van der Waals surface area contributed by atoms with E-state index in [0.29, 0.717) is 5.02 Å². The fraction of sp³-hybridized carbons (Fsp3) is 0.0769. The molecular formula is C13H7Br4Cl. The van der Waals surface area contributed by atoms with E-state index in [9.17, 15) is 0 Å².